The van der Waals surface area contributed by atoms with E-state index in [9.17, 15) is 0 Å². The molecule has 0 fully saturated rings. The highest BCUT2D eigenvalue weighted by Gasteiger charge is 2.07. The largest absolute Gasteiger partial charge is 0.393 e. The van der Waals surface area contributed by atoms with Crippen LogP contribution in [0, 0.1) is 0 Å². The van der Waals surface area contributed by atoms with Crippen molar-refractivity contribution in [2.24, 2.45) is 0 Å². The molecule has 0 radical (unpaired) electrons. The monoisotopic (exact) mass is 257 g/mol. The zero-order chi connectivity index (χ0) is 13.8. The van der Waals surface area contributed by atoms with Gasteiger partial charge in [0.05, 0.1) is 0 Å². The molecule has 0 aliphatic rings. The van der Waals surface area contributed by atoms with Crippen molar-refractivity contribution in [2.45, 2.75) is 19.8 Å². The molecular weight excluding hydrogens is 238 g/mol. The highest BCUT2D eigenvalue weighted by atomic mass is 15.1. The molecule has 19 heavy (non-hydrogen) atoms. The number of benzene rings is 1. The summed E-state index contributed by atoms with van der Waals surface area (Å²) in [5, 5.41) is 6.13. The van der Waals surface area contributed by atoms with Crippen molar-refractivity contribution < 1.29 is 0 Å². The number of rotatable bonds is 4. The van der Waals surface area contributed by atoms with Crippen LogP contribution >= 0.6 is 0 Å². The molecule has 0 saturated carbocycles. The molecule has 0 saturated heterocycles. The van der Waals surface area contributed by atoms with Crippen LogP contribution in [0.3, 0.4) is 0 Å². The number of nitrogens with one attached hydrogen (secondary N) is 2. The molecule has 0 atom stereocenters. The fraction of sp³-hybridized carbons (Fsp3) is 0.286. The Morgan fingerprint density at radius 2 is 1.68 bits per heavy atom. The number of nitrogens with zero attached hydrogens (tertiary/aromatic N) is 2. The summed E-state index contributed by atoms with van der Waals surface area (Å²) < 4.78 is 0. The molecule has 1 aromatic heterocycles. The molecule has 2 aromatic rings. The van der Waals surface area contributed by atoms with Crippen molar-refractivity contribution in [1.29, 1.82) is 0 Å². The fourth-order valence-electron chi connectivity index (χ4n) is 1.78. The van der Waals surface area contributed by atoms with Gasteiger partial charge in [-0.15, -0.1) is 0 Å². The molecular formula is C14H19N5. The topological polar surface area (TPSA) is 75.9 Å². The maximum absolute atomic E-state index is 5.97. The first kappa shape index (κ1) is 13.1. The van der Waals surface area contributed by atoms with Gasteiger partial charge in [-0.25, -0.2) is 9.97 Å². The quantitative estimate of drug-likeness (QED) is 0.785. The van der Waals surface area contributed by atoms with Gasteiger partial charge in [0.2, 0.25) is 0 Å². The van der Waals surface area contributed by atoms with Gasteiger partial charge < -0.3 is 16.4 Å². The van der Waals surface area contributed by atoms with Crippen molar-refractivity contribution >= 4 is 23.0 Å². The predicted molar refractivity (Wildman–Crippen MR) is 79.8 cm³/mol. The van der Waals surface area contributed by atoms with Crippen LogP contribution in [0.5, 0.6) is 0 Å². The maximum atomic E-state index is 5.97. The second kappa shape index (κ2) is 5.56. The highest BCUT2D eigenvalue weighted by Crippen LogP contribution is 2.26. The first-order valence-corrected chi connectivity index (χ1v) is 6.27. The summed E-state index contributed by atoms with van der Waals surface area (Å²) >= 11 is 0. The molecule has 4 N–H and O–H groups in total. The first-order chi connectivity index (χ1) is 9.11. The zero-order valence-electron chi connectivity index (χ0n) is 11.4. The van der Waals surface area contributed by atoms with E-state index in [-0.39, 0.29) is 0 Å². The van der Waals surface area contributed by atoms with Crippen LogP contribution in [0.1, 0.15) is 25.3 Å². The molecule has 0 aliphatic carbocycles. The minimum Gasteiger partial charge on any atom is -0.393 e. The molecule has 0 amide bonds. The lowest BCUT2D eigenvalue weighted by atomic mass is 10.0. The van der Waals surface area contributed by atoms with E-state index in [1.54, 1.807) is 7.05 Å². The summed E-state index contributed by atoms with van der Waals surface area (Å²) in [7, 11) is 1.78. The number of aromatic nitrogens is 2. The number of hydrogen-bond donors (Lipinski definition) is 3. The number of hydrogen-bond acceptors (Lipinski definition) is 5. The van der Waals surface area contributed by atoms with Gasteiger partial charge >= 0.3 is 0 Å². The van der Waals surface area contributed by atoms with Crippen LogP contribution in [0.4, 0.5) is 23.0 Å². The molecule has 100 valence electrons. The molecule has 5 heteroatoms. The lowest BCUT2D eigenvalue weighted by molar-refractivity contribution is 0.867. The van der Waals surface area contributed by atoms with Crippen LogP contribution in [0.15, 0.2) is 30.6 Å². The van der Waals surface area contributed by atoms with E-state index in [1.807, 2.05) is 12.1 Å². The summed E-state index contributed by atoms with van der Waals surface area (Å²) in [4.78, 5) is 8.20. The molecule has 5 nitrogen and oxygen atoms in total. The van der Waals surface area contributed by atoms with Crippen molar-refractivity contribution in [2.75, 3.05) is 23.4 Å². The van der Waals surface area contributed by atoms with Gasteiger partial charge in [-0.1, -0.05) is 26.0 Å². The third-order valence-electron chi connectivity index (χ3n) is 2.96. The van der Waals surface area contributed by atoms with Crippen molar-refractivity contribution in [1.82, 2.24) is 9.97 Å². The molecule has 0 spiro atoms. The van der Waals surface area contributed by atoms with E-state index < -0.39 is 0 Å². The van der Waals surface area contributed by atoms with E-state index in [2.05, 4.69) is 46.6 Å². The van der Waals surface area contributed by atoms with E-state index in [1.165, 1.54) is 11.9 Å². The third kappa shape index (κ3) is 2.93. The van der Waals surface area contributed by atoms with Crippen LogP contribution in [-0.4, -0.2) is 17.0 Å². The van der Waals surface area contributed by atoms with E-state index in [0.717, 1.165) is 5.69 Å². The third-order valence-corrected chi connectivity index (χ3v) is 2.96. The normalized spacial score (nSPS) is 10.5. The predicted octanol–water partition coefficient (Wildman–Crippen LogP) is 2.97. The van der Waals surface area contributed by atoms with Gasteiger partial charge in [0.1, 0.15) is 12.0 Å². The number of nitrogen functional groups attached to an aromatic ring is 1. The molecule has 1 heterocycles. The van der Waals surface area contributed by atoms with Gasteiger partial charge in [-0.3, -0.25) is 0 Å². The summed E-state index contributed by atoms with van der Waals surface area (Å²) in [6.45, 7) is 4.34. The average Bonchev–Trinajstić information content (AvgIpc) is 2.42. The molecule has 0 bridgehead atoms. The fourth-order valence-corrected chi connectivity index (χ4v) is 1.78. The second-order valence-corrected chi connectivity index (χ2v) is 4.64. The van der Waals surface area contributed by atoms with E-state index in [0.29, 0.717) is 23.2 Å². The molecule has 1 aromatic carbocycles. The standard InChI is InChI=1S/C14H19N5/c1-9(2)10-4-6-11(7-5-10)19-14-12(15)13(16-3)17-8-18-14/h4-9H,15H2,1-3H3,(H2,16,17,18,19). The van der Waals surface area contributed by atoms with Gasteiger partial charge in [0, 0.05) is 12.7 Å². The summed E-state index contributed by atoms with van der Waals surface area (Å²) in [5.41, 5.74) is 8.74. The van der Waals surface area contributed by atoms with Crippen LogP contribution in [0.25, 0.3) is 0 Å². The average molecular weight is 257 g/mol. The molecule has 2 rings (SSSR count). The lowest BCUT2D eigenvalue weighted by Gasteiger charge is -2.11. The summed E-state index contributed by atoms with van der Waals surface area (Å²) in [6.07, 6.45) is 1.48. The van der Waals surface area contributed by atoms with Crippen molar-refractivity contribution in [3.63, 3.8) is 0 Å². The van der Waals surface area contributed by atoms with Gasteiger partial charge in [0.15, 0.2) is 11.6 Å². The number of anilines is 4. The van der Waals surface area contributed by atoms with Gasteiger partial charge in [-0.05, 0) is 23.6 Å². The minimum atomic E-state index is 0.512. The lowest BCUT2D eigenvalue weighted by Crippen LogP contribution is -2.05. The minimum absolute atomic E-state index is 0.512. The van der Waals surface area contributed by atoms with E-state index in [4.69, 9.17) is 5.73 Å². The van der Waals surface area contributed by atoms with Crippen LogP contribution in [0.2, 0.25) is 0 Å². The summed E-state index contributed by atoms with van der Waals surface area (Å²) in [6, 6.07) is 8.25. The smallest absolute Gasteiger partial charge is 0.159 e. The van der Waals surface area contributed by atoms with E-state index >= 15 is 0 Å². The first-order valence-electron chi connectivity index (χ1n) is 6.27. The highest BCUT2D eigenvalue weighted by molar-refractivity contribution is 5.77. The van der Waals surface area contributed by atoms with Gasteiger partial charge in [-0.2, -0.15) is 0 Å². The molecule has 0 unspecified atom stereocenters. The zero-order valence-corrected chi connectivity index (χ0v) is 11.4. The number of nitrogens with two attached hydrogens (primary N) is 1. The Kier molecular flexibility index (Phi) is 3.85. The van der Waals surface area contributed by atoms with Crippen molar-refractivity contribution in [3.8, 4) is 0 Å². The SMILES string of the molecule is CNc1ncnc(Nc2ccc(C(C)C)cc2)c1N. The van der Waals surface area contributed by atoms with Gasteiger partial charge in [0.25, 0.3) is 0 Å². The second-order valence-electron chi connectivity index (χ2n) is 4.64. The Bertz CT molecular complexity index is 548. The molecule has 0 aliphatic heterocycles. The Morgan fingerprint density at radius 3 is 2.26 bits per heavy atom. The van der Waals surface area contributed by atoms with Crippen molar-refractivity contribution in [3.05, 3.63) is 36.2 Å². The Labute approximate surface area is 113 Å². The Morgan fingerprint density at radius 1 is 1.05 bits per heavy atom. The Balaban J connectivity index is 2.21. The summed E-state index contributed by atoms with van der Waals surface area (Å²) in [5.74, 6) is 1.75. The Hall–Kier alpha value is -2.30. The van der Waals surface area contributed by atoms with Crippen LogP contribution in [-0.2, 0) is 0 Å². The van der Waals surface area contributed by atoms with Crippen LogP contribution < -0.4 is 16.4 Å². The maximum Gasteiger partial charge on any atom is 0.159 e.